The highest BCUT2D eigenvalue weighted by Gasteiger charge is 2.24. The van der Waals surface area contributed by atoms with Crippen molar-refractivity contribution in [1.82, 2.24) is 4.98 Å². The van der Waals surface area contributed by atoms with Crippen molar-refractivity contribution >= 4 is 27.6 Å². The summed E-state index contributed by atoms with van der Waals surface area (Å²) in [6.45, 7) is 7.66. The summed E-state index contributed by atoms with van der Waals surface area (Å²) < 4.78 is 6.40. The number of halogens is 1. The van der Waals surface area contributed by atoms with Crippen molar-refractivity contribution in [3.63, 3.8) is 0 Å². The first-order valence-electron chi connectivity index (χ1n) is 7.41. The van der Waals surface area contributed by atoms with Crippen molar-refractivity contribution < 1.29 is 9.53 Å². The van der Waals surface area contributed by atoms with Gasteiger partial charge in [-0.25, -0.2) is 0 Å². The lowest BCUT2D eigenvalue weighted by Crippen LogP contribution is -2.35. The molecule has 0 aliphatic carbocycles. The van der Waals surface area contributed by atoms with Gasteiger partial charge in [-0.05, 0) is 61.5 Å². The summed E-state index contributed by atoms with van der Waals surface area (Å²) in [6.07, 6.45) is 6.25. The minimum Gasteiger partial charge on any atom is -0.460 e. The van der Waals surface area contributed by atoms with Gasteiger partial charge >= 0.3 is 5.97 Å². The number of aromatic nitrogens is 1. The number of hydrogen-bond donors (Lipinski definition) is 0. The third kappa shape index (κ3) is 5.30. The molecular formula is C16H23BrN2O2. The van der Waals surface area contributed by atoms with E-state index in [-0.39, 0.29) is 11.6 Å². The van der Waals surface area contributed by atoms with Crippen molar-refractivity contribution in [2.24, 2.45) is 5.92 Å². The zero-order chi connectivity index (χ0) is 15.5. The number of rotatable bonds is 3. The summed E-state index contributed by atoms with van der Waals surface area (Å²) in [7, 11) is 0. The molecule has 1 fully saturated rings. The third-order valence-electron chi connectivity index (χ3n) is 3.55. The van der Waals surface area contributed by atoms with Gasteiger partial charge in [0, 0.05) is 30.2 Å². The first-order chi connectivity index (χ1) is 9.83. The summed E-state index contributed by atoms with van der Waals surface area (Å²) >= 11 is 3.45. The van der Waals surface area contributed by atoms with E-state index in [9.17, 15) is 4.79 Å². The van der Waals surface area contributed by atoms with Gasteiger partial charge in [0.1, 0.15) is 5.60 Å². The number of pyridine rings is 1. The zero-order valence-corrected chi connectivity index (χ0v) is 14.5. The second-order valence-electron chi connectivity index (χ2n) is 6.58. The van der Waals surface area contributed by atoms with Crippen molar-refractivity contribution in [3.8, 4) is 0 Å². The molecule has 0 bridgehead atoms. The van der Waals surface area contributed by atoms with Crippen LogP contribution in [0.1, 0.15) is 40.0 Å². The number of hydrogen-bond acceptors (Lipinski definition) is 4. The lowest BCUT2D eigenvalue weighted by atomic mass is 9.93. The van der Waals surface area contributed by atoms with Gasteiger partial charge in [0.05, 0.1) is 11.9 Å². The van der Waals surface area contributed by atoms with Gasteiger partial charge in [0.15, 0.2) is 0 Å². The smallest absolute Gasteiger partial charge is 0.306 e. The number of anilines is 1. The monoisotopic (exact) mass is 354 g/mol. The standard InChI is InChI=1S/C16H23BrN2O2/c1-16(2,3)21-15(20)8-12-4-6-19(7-5-12)14-9-13(17)10-18-11-14/h9-12H,4-8H2,1-3H3. The van der Waals surface area contributed by atoms with E-state index in [1.165, 1.54) is 0 Å². The molecule has 116 valence electrons. The van der Waals surface area contributed by atoms with Gasteiger partial charge in [-0.1, -0.05) is 0 Å². The van der Waals surface area contributed by atoms with Crippen molar-refractivity contribution in [1.29, 1.82) is 0 Å². The average Bonchev–Trinajstić information content (AvgIpc) is 2.37. The van der Waals surface area contributed by atoms with E-state index >= 15 is 0 Å². The molecule has 2 heterocycles. The lowest BCUT2D eigenvalue weighted by Gasteiger charge is -2.33. The molecule has 0 unspecified atom stereocenters. The molecule has 5 heteroatoms. The minimum absolute atomic E-state index is 0.0786. The SMILES string of the molecule is CC(C)(C)OC(=O)CC1CCN(c2cncc(Br)c2)CC1. The molecule has 1 aromatic rings. The predicted octanol–water partition coefficient (Wildman–Crippen LogP) is 3.79. The topological polar surface area (TPSA) is 42.4 Å². The lowest BCUT2D eigenvalue weighted by molar-refractivity contribution is -0.156. The van der Waals surface area contributed by atoms with Crippen LogP contribution < -0.4 is 4.90 Å². The second kappa shape index (κ2) is 6.77. The number of nitrogens with zero attached hydrogens (tertiary/aromatic N) is 2. The Labute approximate surface area is 135 Å². The van der Waals surface area contributed by atoms with Gasteiger partial charge < -0.3 is 9.64 Å². The Bertz CT molecular complexity index is 491. The fourth-order valence-corrected chi connectivity index (χ4v) is 2.94. The fourth-order valence-electron chi connectivity index (χ4n) is 2.59. The van der Waals surface area contributed by atoms with Crippen LogP contribution in [0.15, 0.2) is 22.9 Å². The van der Waals surface area contributed by atoms with Crippen LogP contribution in [-0.4, -0.2) is 29.6 Å². The largest absolute Gasteiger partial charge is 0.460 e. The maximum atomic E-state index is 11.9. The van der Waals surface area contributed by atoms with Gasteiger partial charge in [-0.15, -0.1) is 0 Å². The Kier molecular flexibility index (Phi) is 5.25. The van der Waals surface area contributed by atoms with E-state index in [0.29, 0.717) is 12.3 Å². The van der Waals surface area contributed by atoms with Gasteiger partial charge in [-0.2, -0.15) is 0 Å². The summed E-state index contributed by atoms with van der Waals surface area (Å²) in [4.78, 5) is 18.4. The molecule has 2 rings (SSSR count). The maximum Gasteiger partial charge on any atom is 0.306 e. The Hall–Kier alpha value is -1.10. The van der Waals surface area contributed by atoms with Gasteiger partial charge in [0.2, 0.25) is 0 Å². The van der Waals surface area contributed by atoms with Crippen LogP contribution in [0.4, 0.5) is 5.69 Å². The fraction of sp³-hybridized carbons (Fsp3) is 0.625. The third-order valence-corrected chi connectivity index (χ3v) is 3.98. The molecule has 1 saturated heterocycles. The van der Waals surface area contributed by atoms with Crippen LogP contribution in [0.3, 0.4) is 0 Å². The highest BCUT2D eigenvalue weighted by molar-refractivity contribution is 9.10. The number of carbonyl (C=O) groups excluding carboxylic acids is 1. The Balaban J connectivity index is 1.82. The van der Waals surface area contributed by atoms with Crippen LogP contribution in [0.5, 0.6) is 0 Å². The highest BCUT2D eigenvalue weighted by Crippen LogP contribution is 2.27. The van der Waals surface area contributed by atoms with Crippen LogP contribution in [0.2, 0.25) is 0 Å². The highest BCUT2D eigenvalue weighted by atomic mass is 79.9. The number of ether oxygens (including phenoxy) is 1. The summed E-state index contributed by atoms with van der Waals surface area (Å²) in [6, 6.07) is 2.08. The molecule has 1 aromatic heterocycles. The molecule has 1 aliphatic rings. The van der Waals surface area contributed by atoms with E-state index in [2.05, 4.69) is 31.9 Å². The van der Waals surface area contributed by atoms with Crippen molar-refractivity contribution in [2.45, 2.75) is 45.6 Å². The molecule has 0 N–H and O–H groups in total. The van der Waals surface area contributed by atoms with E-state index in [4.69, 9.17) is 4.74 Å². The van der Waals surface area contributed by atoms with Crippen LogP contribution in [0.25, 0.3) is 0 Å². The first-order valence-corrected chi connectivity index (χ1v) is 8.20. The first kappa shape index (κ1) is 16.3. The molecule has 4 nitrogen and oxygen atoms in total. The number of esters is 1. The van der Waals surface area contributed by atoms with Crippen LogP contribution in [-0.2, 0) is 9.53 Å². The van der Waals surface area contributed by atoms with Gasteiger partial charge in [-0.3, -0.25) is 9.78 Å². The predicted molar refractivity (Wildman–Crippen MR) is 87.3 cm³/mol. The van der Waals surface area contributed by atoms with Crippen LogP contribution >= 0.6 is 15.9 Å². The quantitative estimate of drug-likeness (QED) is 0.774. The Morgan fingerprint density at radius 1 is 1.38 bits per heavy atom. The van der Waals surface area contributed by atoms with Gasteiger partial charge in [0.25, 0.3) is 0 Å². The summed E-state index contributed by atoms with van der Waals surface area (Å²) in [5, 5.41) is 0. The maximum absolute atomic E-state index is 11.9. The normalized spacial score (nSPS) is 16.9. The second-order valence-corrected chi connectivity index (χ2v) is 7.50. The number of piperidine rings is 1. The van der Waals surface area contributed by atoms with E-state index in [1.54, 1.807) is 6.20 Å². The molecule has 0 saturated carbocycles. The molecule has 0 atom stereocenters. The molecule has 0 radical (unpaired) electrons. The van der Waals surface area contributed by atoms with E-state index in [0.717, 1.165) is 36.1 Å². The molecule has 21 heavy (non-hydrogen) atoms. The summed E-state index contributed by atoms with van der Waals surface area (Å²) in [5.41, 5.74) is 0.750. The molecular weight excluding hydrogens is 332 g/mol. The minimum atomic E-state index is -0.389. The van der Waals surface area contributed by atoms with Crippen LogP contribution in [0, 0.1) is 5.92 Å². The molecule has 0 spiro atoms. The van der Waals surface area contributed by atoms with E-state index in [1.807, 2.05) is 27.0 Å². The molecule has 1 aliphatic heterocycles. The Morgan fingerprint density at radius 3 is 2.62 bits per heavy atom. The Morgan fingerprint density at radius 2 is 2.05 bits per heavy atom. The van der Waals surface area contributed by atoms with Crippen molar-refractivity contribution in [3.05, 3.63) is 22.9 Å². The average molecular weight is 355 g/mol. The molecule has 0 amide bonds. The van der Waals surface area contributed by atoms with Crippen molar-refractivity contribution in [2.75, 3.05) is 18.0 Å². The zero-order valence-electron chi connectivity index (χ0n) is 12.9. The van der Waals surface area contributed by atoms with E-state index < -0.39 is 0 Å². The number of carbonyl (C=O) groups is 1. The molecule has 0 aromatic carbocycles. The summed E-state index contributed by atoms with van der Waals surface area (Å²) in [5.74, 6) is 0.348.